The van der Waals surface area contributed by atoms with Gasteiger partial charge in [-0.25, -0.2) is 4.68 Å². The maximum Gasteiger partial charge on any atom is 0.237 e. The van der Waals surface area contributed by atoms with E-state index in [9.17, 15) is 4.79 Å². The highest BCUT2D eigenvalue weighted by Crippen LogP contribution is 2.30. The van der Waals surface area contributed by atoms with E-state index < -0.39 is 0 Å². The summed E-state index contributed by atoms with van der Waals surface area (Å²) in [6.45, 7) is 3.85. The van der Waals surface area contributed by atoms with Crippen molar-refractivity contribution in [1.29, 1.82) is 0 Å². The first-order chi connectivity index (χ1) is 17.1. The Kier molecular flexibility index (Phi) is 6.88. The van der Waals surface area contributed by atoms with Crippen molar-refractivity contribution in [1.82, 2.24) is 30.4 Å². The van der Waals surface area contributed by atoms with Gasteiger partial charge in [-0.05, 0) is 63.7 Å². The summed E-state index contributed by atoms with van der Waals surface area (Å²) in [7, 11) is 0. The lowest BCUT2D eigenvalue weighted by atomic mass is 9.99. The van der Waals surface area contributed by atoms with Crippen molar-refractivity contribution in [3.8, 4) is 11.1 Å². The number of amides is 1. The fraction of sp³-hybridized carbons (Fsp3) is 0.259. The average molecular weight is 487 g/mol. The Morgan fingerprint density at radius 2 is 1.91 bits per heavy atom. The second-order valence-corrected chi connectivity index (χ2v) is 9.36. The quantitative estimate of drug-likeness (QED) is 0.418. The van der Waals surface area contributed by atoms with Crippen molar-refractivity contribution in [3.63, 3.8) is 0 Å². The lowest BCUT2D eigenvalue weighted by molar-refractivity contribution is -0.125. The molecular weight excluding hydrogens is 460 g/mol. The molecule has 2 atom stereocenters. The molecule has 1 aliphatic heterocycles. The number of aromatic nitrogens is 4. The number of likely N-dealkylation sites (tertiary alicyclic amines) is 1. The van der Waals surface area contributed by atoms with E-state index in [1.54, 1.807) is 11.0 Å². The van der Waals surface area contributed by atoms with E-state index in [1.807, 2.05) is 24.3 Å². The molecule has 1 aliphatic rings. The summed E-state index contributed by atoms with van der Waals surface area (Å²) < 4.78 is 1.75. The highest BCUT2D eigenvalue weighted by atomic mass is 35.5. The number of carbonyl (C=O) groups excluding carboxylic acids is 1. The molecule has 1 fully saturated rings. The number of hydrogen-bond acceptors (Lipinski definition) is 5. The highest BCUT2D eigenvalue weighted by Gasteiger charge is 2.38. The summed E-state index contributed by atoms with van der Waals surface area (Å²) in [5.74, 6) is -0.0180. The Morgan fingerprint density at radius 3 is 2.71 bits per heavy atom. The van der Waals surface area contributed by atoms with Gasteiger partial charge in [-0.1, -0.05) is 72.3 Å². The van der Waals surface area contributed by atoms with Crippen molar-refractivity contribution < 1.29 is 4.79 Å². The second-order valence-electron chi connectivity index (χ2n) is 8.95. The average Bonchev–Trinajstić information content (AvgIpc) is 3.54. The van der Waals surface area contributed by atoms with Crippen molar-refractivity contribution >= 4 is 17.5 Å². The van der Waals surface area contributed by atoms with E-state index in [0.717, 1.165) is 11.1 Å². The van der Waals surface area contributed by atoms with Crippen LogP contribution in [-0.4, -0.2) is 43.6 Å². The van der Waals surface area contributed by atoms with Crippen LogP contribution in [0.25, 0.3) is 11.1 Å². The Balaban J connectivity index is 1.35. The molecule has 0 saturated carbocycles. The van der Waals surface area contributed by atoms with Gasteiger partial charge in [0.15, 0.2) is 0 Å². The van der Waals surface area contributed by atoms with Crippen LogP contribution in [0.5, 0.6) is 0 Å². The number of carbonyl (C=O) groups is 1. The summed E-state index contributed by atoms with van der Waals surface area (Å²) in [6, 6.07) is 24.2. The minimum Gasteiger partial charge on any atom is -0.351 e. The molecule has 0 radical (unpaired) electrons. The maximum atomic E-state index is 13.3. The van der Waals surface area contributed by atoms with Crippen molar-refractivity contribution in [2.75, 3.05) is 6.54 Å². The van der Waals surface area contributed by atoms with E-state index in [-0.39, 0.29) is 18.0 Å². The number of nitrogens with one attached hydrogen (secondary N) is 1. The minimum absolute atomic E-state index is 0.0180. The van der Waals surface area contributed by atoms with Gasteiger partial charge in [-0.15, -0.1) is 5.10 Å². The zero-order chi connectivity index (χ0) is 24.2. The molecule has 0 spiro atoms. The van der Waals surface area contributed by atoms with Gasteiger partial charge < -0.3 is 5.32 Å². The smallest absolute Gasteiger partial charge is 0.237 e. The molecule has 3 aromatic carbocycles. The molecule has 1 amide bonds. The van der Waals surface area contributed by atoms with Crippen LogP contribution in [0.4, 0.5) is 0 Å². The summed E-state index contributed by atoms with van der Waals surface area (Å²) >= 11 is 6.28. The maximum absolute atomic E-state index is 13.3. The minimum atomic E-state index is -0.297. The van der Waals surface area contributed by atoms with Crippen LogP contribution >= 0.6 is 11.6 Å². The highest BCUT2D eigenvalue weighted by molar-refractivity contribution is 6.31. The van der Waals surface area contributed by atoms with E-state index in [4.69, 9.17) is 11.6 Å². The molecule has 8 heteroatoms. The third kappa shape index (κ3) is 5.26. The molecule has 1 aromatic heterocycles. The molecule has 1 saturated heterocycles. The number of rotatable bonds is 7. The van der Waals surface area contributed by atoms with E-state index >= 15 is 0 Å². The normalized spacial score (nSPS) is 18.0. The topological polar surface area (TPSA) is 75.9 Å². The number of aryl methyl sites for hydroxylation is 1. The largest absolute Gasteiger partial charge is 0.351 e. The Labute approximate surface area is 209 Å². The molecule has 178 valence electrons. The van der Waals surface area contributed by atoms with Gasteiger partial charge in [0.05, 0.1) is 12.1 Å². The molecule has 5 rings (SSSR count). The van der Waals surface area contributed by atoms with Gasteiger partial charge >= 0.3 is 0 Å². The molecule has 2 heterocycles. The molecule has 0 aliphatic carbocycles. The second kappa shape index (κ2) is 10.4. The van der Waals surface area contributed by atoms with Crippen molar-refractivity contribution in [3.05, 3.63) is 101 Å². The van der Waals surface area contributed by atoms with Gasteiger partial charge in [0.2, 0.25) is 5.91 Å². The molecule has 1 N–H and O–H groups in total. The fourth-order valence-electron chi connectivity index (χ4n) is 4.76. The molecule has 35 heavy (non-hydrogen) atoms. The SMILES string of the molecule is Cc1ccccc1-c1cccc(CN2C[C@H](n3cnnn3)C[C@H]2C(=O)NCc2ccccc2Cl)c1. The lowest BCUT2D eigenvalue weighted by Gasteiger charge is -2.24. The predicted octanol–water partition coefficient (Wildman–Crippen LogP) is 4.43. The van der Waals surface area contributed by atoms with E-state index in [1.165, 1.54) is 16.7 Å². The van der Waals surface area contributed by atoms with Crippen molar-refractivity contribution in [2.45, 2.75) is 38.5 Å². The first-order valence-electron chi connectivity index (χ1n) is 11.7. The lowest BCUT2D eigenvalue weighted by Crippen LogP contribution is -2.42. The molecule has 0 bridgehead atoms. The van der Waals surface area contributed by atoms with Crippen LogP contribution in [0.1, 0.15) is 29.2 Å². The summed E-state index contributed by atoms with van der Waals surface area (Å²) in [4.78, 5) is 15.5. The fourth-order valence-corrected chi connectivity index (χ4v) is 4.97. The number of halogens is 1. The van der Waals surface area contributed by atoms with Gasteiger partial charge in [-0.3, -0.25) is 9.69 Å². The van der Waals surface area contributed by atoms with Gasteiger partial charge in [-0.2, -0.15) is 0 Å². The Bertz CT molecular complexity index is 1310. The number of nitrogens with zero attached hydrogens (tertiary/aromatic N) is 5. The van der Waals surface area contributed by atoms with Crippen LogP contribution in [0.2, 0.25) is 5.02 Å². The Hall–Kier alpha value is -3.55. The number of hydrogen-bond donors (Lipinski definition) is 1. The van der Waals surface area contributed by atoms with Crippen LogP contribution in [0, 0.1) is 6.92 Å². The third-order valence-electron chi connectivity index (χ3n) is 6.60. The molecular formula is C27H27ClN6O. The number of benzene rings is 3. The number of tetrazole rings is 1. The monoisotopic (exact) mass is 486 g/mol. The summed E-state index contributed by atoms with van der Waals surface area (Å²) in [5.41, 5.74) is 5.69. The first-order valence-corrected chi connectivity index (χ1v) is 12.1. The summed E-state index contributed by atoms with van der Waals surface area (Å²) in [5, 5.41) is 15.4. The molecule has 4 aromatic rings. The standard InChI is InChI=1S/C27H27ClN6O/c1-19-7-2-4-11-24(19)21-10-6-8-20(13-21)16-33-17-23(34-18-30-31-32-34)14-26(33)27(35)29-15-22-9-3-5-12-25(22)28/h2-13,18,23,26H,14-17H2,1H3,(H,29,35)/t23-,26+/m1/s1. The van der Waals surface area contributed by atoms with E-state index in [0.29, 0.717) is 31.1 Å². The first kappa shape index (κ1) is 23.2. The molecule has 7 nitrogen and oxygen atoms in total. The van der Waals surface area contributed by atoms with Gasteiger partial charge in [0.1, 0.15) is 6.33 Å². The van der Waals surface area contributed by atoms with Gasteiger partial charge in [0, 0.05) is 24.7 Å². The zero-order valence-corrected chi connectivity index (χ0v) is 20.3. The predicted molar refractivity (Wildman–Crippen MR) is 136 cm³/mol. The van der Waals surface area contributed by atoms with Crippen LogP contribution in [-0.2, 0) is 17.9 Å². The zero-order valence-electron chi connectivity index (χ0n) is 19.5. The van der Waals surface area contributed by atoms with E-state index in [2.05, 4.69) is 81.2 Å². The van der Waals surface area contributed by atoms with Crippen molar-refractivity contribution in [2.24, 2.45) is 0 Å². The van der Waals surface area contributed by atoms with Gasteiger partial charge in [0.25, 0.3) is 0 Å². The summed E-state index contributed by atoms with van der Waals surface area (Å²) in [6.07, 6.45) is 2.25. The molecule has 0 unspecified atom stereocenters. The van der Waals surface area contributed by atoms with Crippen LogP contribution in [0.3, 0.4) is 0 Å². The van der Waals surface area contributed by atoms with Crippen LogP contribution in [0.15, 0.2) is 79.1 Å². The van der Waals surface area contributed by atoms with Crippen LogP contribution < -0.4 is 5.32 Å². The third-order valence-corrected chi connectivity index (χ3v) is 6.97. The Morgan fingerprint density at radius 1 is 1.09 bits per heavy atom.